The van der Waals surface area contributed by atoms with Crippen molar-refractivity contribution in [3.8, 4) is 5.75 Å². The summed E-state index contributed by atoms with van der Waals surface area (Å²) in [6, 6.07) is 11.9. The van der Waals surface area contributed by atoms with Gasteiger partial charge < -0.3 is 4.89 Å². The van der Waals surface area contributed by atoms with Crippen LogP contribution in [-0.4, -0.2) is 0 Å². The van der Waals surface area contributed by atoms with Gasteiger partial charge in [0.2, 0.25) is 0 Å². The fourth-order valence-corrected chi connectivity index (χ4v) is 1.68. The first-order chi connectivity index (χ1) is 7.33. The van der Waals surface area contributed by atoms with Crippen LogP contribution in [-0.2, 0) is 4.33 Å². The highest BCUT2D eigenvalue weighted by Crippen LogP contribution is 2.28. The molecule has 2 aromatic rings. The molecule has 2 rings (SSSR count). The fraction of sp³-hybridized carbons (Fsp3) is 0.0909. The number of benzene rings is 2. The number of rotatable bonds is 3. The molecule has 4 heteroatoms. The summed E-state index contributed by atoms with van der Waals surface area (Å²) in [5.74, 6) is 0.675. The quantitative estimate of drug-likeness (QED) is 0.374. The Balaban J connectivity index is 2.51. The Labute approximate surface area is 92.4 Å². The first-order valence-electron chi connectivity index (χ1n) is 4.51. The molecule has 0 aliphatic rings. The molecule has 0 aromatic heterocycles. The van der Waals surface area contributed by atoms with Crippen molar-refractivity contribution in [3.05, 3.63) is 42.0 Å². The monoisotopic (exact) mass is 221 g/mol. The van der Waals surface area contributed by atoms with E-state index in [-0.39, 0.29) is 0 Å². The Morgan fingerprint density at radius 2 is 1.80 bits per heavy atom. The van der Waals surface area contributed by atoms with Crippen molar-refractivity contribution in [2.45, 2.75) is 6.92 Å². The van der Waals surface area contributed by atoms with Gasteiger partial charge in [-0.15, -0.1) is 0 Å². The first-order valence-corrected chi connectivity index (χ1v) is 5.32. The third-order valence-corrected chi connectivity index (χ3v) is 2.41. The molecule has 0 spiro atoms. The SMILES string of the molecule is Cc1cccc2c(OOSN)cccc12. The first kappa shape index (κ1) is 10.3. The molecule has 15 heavy (non-hydrogen) atoms. The Bertz CT molecular complexity index is 473. The van der Waals surface area contributed by atoms with E-state index < -0.39 is 0 Å². The number of fused-ring (bicyclic) bond motifs is 1. The number of aryl methyl sites for hydroxylation is 1. The third-order valence-electron chi connectivity index (χ3n) is 2.26. The van der Waals surface area contributed by atoms with E-state index >= 15 is 0 Å². The molecule has 0 atom stereocenters. The second-order valence-corrected chi connectivity index (χ2v) is 3.50. The van der Waals surface area contributed by atoms with E-state index in [1.807, 2.05) is 30.3 Å². The molecule has 2 aromatic carbocycles. The summed E-state index contributed by atoms with van der Waals surface area (Å²) in [6.45, 7) is 2.06. The lowest BCUT2D eigenvalue weighted by Crippen LogP contribution is -1.93. The van der Waals surface area contributed by atoms with Gasteiger partial charge in [0, 0.05) is 5.39 Å². The lowest BCUT2D eigenvalue weighted by molar-refractivity contribution is -0.0760. The maximum Gasteiger partial charge on any atom is 0.174 e. The molecule has 78 valence electrons. The Hall–Kier alpha value is -1.23. The minimum Gasteiger partial charge on any atom is -0.323 e. The van der Waals surface area contributed by atoms with Crippen LogP contribution in [0.4, 0.5) is 0 Å². The molecule has 0 amide bonds. The van der Waals surface area contributed by atoms with Crippen molar-refractivity contribution in [3.63, 3.8) is 0 Å². The molecule has 0 aliphatic heterocycles. The predicted molar refractivity (Wildman–Crippen MR) is 62.2 cm³/mol. The van der Waals surface area contributed by atoms with Crippen LogP contribution >= 0.6 is 12.2 Å². The maximum atomic E-state index is 5.12. The van der Waals surface area contributed by atoms with Crippen LogP contribution in [0.5, 0.6) is 5.75 Å². The average Bonchev–Trinajstić information content (AvgIpc) is 2.27. The van der Waals surface area contributed by atoms with Crippen LogP contribution in [0.2, 0.25) is 0 Å². The van der Waals surface area contributed by atoms with Crippen LogP contribution < -0.4 is 10.0 Å². The Morgan fingerprint density at radius 1 is 1.07 bits per heavy atom. The fourth-order valence-electron chi connectivity index (χ4n) is 1.57. The lowest BCUT2D eigenvalue weighted by atomic mass is 10.1. The molecule has 0 aliphatic carbocycles. The zero-order valence-electron chi connectivity index (χ0n) is 8.27. The molecule has 3 nitrogen and oxygen atoms in total. The minimum atomic E-state index is 0.675. The van der Waals surface area contributed by atoms with E-state index in [9.17, 15) is 0 Å². The molecule has 0 saturated carbocycles. The van der Waals surface area contributed by atoms with Crippen molar-refractivity contribution in [1.29, 1.82) is 0 Å². The van der Waals surface area contributed by atoms with Gasteiger partial charge in [0.25, 0.3) is 0 Å². The standard InChI is InChI=1S/C11H11NO2S/c1-8-4-2-6-10-9(8)5-3-7-11(10)13-14-15-12/h2-7H,12H2,1H3. The van der Waals surface area contributed by atoms with Crippen molar-refractivity contribution in [2.75, 3.05) is 0 Å². The molecular formula is C11H11NO2S. The highest BCUT2D eigenvalue weighted by Gasteiger charge is 2.03. The second-order valence-electron chi connectivity index (χ2n) is 3.17. The van der Waals surface area contributed by atoms with Crippen LogP contribution in [0.1, 0.15) is 5.56 Å². The average molecular weight is 221 g/mol. The smallest absolute Gasteiger partial charge is 0.174 e. The van der Waals surface area contributed by atoms with E-state index in [2.05, 4.69) is 17.3 Å². The summed E-state index contributed by atoms with van der Waals surface area (Å²) in [5, 5.41) is 7.29. The van der Waals surface area contributed by atoms with Crippen molar-refractivity contribution < 1.29 is 9.22 Å². The Kier molecular flexibility index (Phi) is 3.11. The number of hydrogen-bond donors (Lipinski definition) is 1. The second kappa shape index (κ2) is 4.53. The third kappa shape index (κ3) is 2.07. The van der Waals surface area contributed by atoms with E-state index in [0.717, 1.165) is 10.8 Å². The summed E-state index contributed by atoms with van der Waals surface area (Å²) in [6.07, 6.45) is 0. The van der Waals surface area contributed by atoms with Gasteiger partial charge >= 0.3 is 0 Å². The van der Waals surface area contributed by atoms with Gasteiger partial charge in [0.15, 0.2) is 5.75 Å². The van der Waals surface area contributed by atoms with E-state index in [0.29, 0.717) is 18.0 Å². The largest absolute Gasteiger partial charge is 0.323 e. The van der Waals surface area contributed by atoms with E-state index in [4.69, 9.17) is 10.0 Å². The molecule has 0 saturated heterocycles. The minimum absolute atomic E-state index is 0.675. The van der Waals surface area contributed by atoms with Crippen molar-refractivity contribution in [2.24, 2.45) is 5.14 Å². The van der Waals surface area contributed by atoms with Gasteiger partial charge in [-0.25, -0.2) is 0 Å². The normalized spacial score (nSPS) is 10.5. The van der Waals surface area contributed by atoms with Crippen LogP contribution in [0.25, 0.3) is 10.8 Å². The zero-order chi connectivity index (χ0) is 10.7. The van der Waals surface area contributed by atoms with Crippen molar-refractivity contribution >= 4 is 23.0 Å². The molecule has 2 N–H and O–H groups in total. The van der Waals surface area contributed by atoms with Gasteiger partial charge in [0.05, 0.1) is 0 Å². The molecular weight excluding hydrogens is 210 g/mol. The van der Waals surface area contributed by atoms with Gasteiger partial charge in [-0.1, -0.05) is 34.7 Å². The van der Waals surface area contributed by atoms with E-state index in [1.165, 1.54) is 5.56 Å². The van der Waals surface area contributed by atoms with Crippen molar-refractivity contribution in [1.82, 2.24) is 0 Å². The highest BCUT2D eigenvalue weighted by molar-refractivity contribution is 7.92. The molecule has 0 heterocycles. The predicted octanol–water partition coefficient (Wildman–Crippen LogP) is 2.98. The Morgan fingerprint density at radius 3 is 2.60 bits per heavy atom. The molecule has 0 fully saturated rings. The maximum absolute atomic E-state index is 5.12. The number of hydrogen-bond acceptors (Lipinski definition) is 4. The molecule has 0 unspecified atom stereocenters. The van der Waals surface area contributed by atoms with Gasteiger partial charge in [-0.3, -0.25) is 5.14 Å². The highest BCUT2D eigenvalue weighted by atomic mass is 32.2. The summed E-state index contributed by atoms with van der Waals surface area (Å²) < 4.78 is 4.66. The zero-order valence-corrected chi connectivity index (χ0v) is 9.08. The summed E-state index contributed by atoms with van der Waals surface area (Å²) in [7, 11) is 0. The van der Waals surface area contributed by atoms with E-state index in [1.54, 1.807) is 0 Å². The summed E-state index contributed by atoms with van der Waals surface area (Å²) >= 11 is 0.687. The van der Waals surface area contributed by atoms with Gasteiger partial charge in [0.1, 0.15) is 12.2 Å². The van der Waals surface area contributed by atoms with Crippen LogP contribution in [0, 0.1) is 6.92 Å². The molecule has 0 bridgehead atoms. The van der Waals surface area contributed by atoms with Crippen LogP contribution in [0.3, 0.4) is 0 Å². The lowest BCUT2D eigenvalue weighted by Gasteiger charge is -2.06. The van der Waals surface area contributed by atoms with Gasteiger partial charge in [-0.05, 0) is 23.9 Å². The summed E-state index contributed by atoms with van der Waals surface area (Å²) in [4.78, 5) is 5.06. The topological polar surface area (TPSA) is 44.5 Å². The van der Waals surface area contributed by atoms with Gasteiger partial charge in [-0.2, -0.15) is 0 Å². The van der Waals surface area contributed by atoms with Crippen LogP contribution in [0.15, 0.2) is 36.4 Å². The number of nitrogens with two attached hydrogens (primary N) is 1. The summed E-state index contributed by atoms with van der Waals surface area (Å²) in [5.41, 5.74) is 1.21. The molecule has 0 radical (unpaired) electrons.